The Labute approximate surface area is 90.3 Å². The molecule has 5 N–H and O–H groups in total. The van der Waals surface area contributed by atoms with E-state index in [0.29, 0.717) is 0 Å². The molecule has 1 heterocycles. The highest BCUT2D eigenvalue weighted by Crippen LogP contribution is 2.12. The standard InChI is InChI=1S/C8H13N5O3/c1-8(2,3-4(9)14)11-5-6(15)10-7(16)13-12-5/h3H2,1-2H3,(H2,9,14)(H,11,12)(H2,10,13,15,16). The molecule has 1 amide bonds. The molecular formula is C8H13N5O3. The van der Waals surface area contributed by atoms with Crippen LogP contribution in [0.2, 0.25) is 0 Å². The molecule has 0 aliphatic heterocycles. The van der Waals surface area contributed by atoms with Gasteiger partial charge in [-0.3, -0.25) is 14.6 Å². The molecular weight excluding hydrogens is 214 g/mol. The zero-order chi connectivity index (χ0) is 12.3. The Bertz CT molecular complexity index is 501. The molecule has 0 bridgehead atoms. The largest absolute Gasteiger partial charge is 0.370 e. The Morgan fingerprint density at radius 2 is 2.12 bits per heavy atom. The number of aromatic amines is 2. The van der Waals surface area contributed by atoms with Crippen LogP contribution in [0.5, 0.6) is 0 Å². The number of rotatable bonds is 4. The summed E-state index contributed by atoms with van der Waals surface area (Å²) >= 11 is 0. The van der Waals surface area contributed by atoms with Crippen LogP contribution in [-0.2, 0) is 4.79 Å². The number of carbonyl (C=O) groups excluding carboxylic acids is 1. The molecule has 0 fully saturated rings. The van der Waals surface area contributed by atoms with E-state index in [2.05, 4.69) is 15.5 Å². The van der Waals surface area contributed by atoms with E-state index in [1.807, 2.05) is 4.98 Å². The quantitative estimate of drug-likeness (QED) is 0.498. The van der Waals surface area contributed by atoms with Gasteiger partial charge in [-0.1, -0.05) is 0 Å². The lowest BCUT2D eigenvalue weighted by Crippen LogP contribution is -2.39. The minimum atomic E-state index is -0.718. The molecule has 0 spiro atoms. The second-order valence-corrected chi connectivity index (χ2v) is 4.01. The highest BCUT2D eigenvalue weighted by Gasteiger charge is 2.22. The number of H-pyrrole nitrogens is 2. The second-order valence-electron chi connectivity index (χ2n) is 4.01. The van der Waals surface area contributed by atoms with Crippen molar-refractivity contribution in [2.24, 2.45) is 5.73 Å². The van der Waals surface area contributed by atoms with Gasteiger partial charge in [0.15, 0.2) is 0 Å². The summed E-state index contributed by atoms with van der Waals surface area (Å²) in [4.78, 5) is 34.8. The van der Waals surface area contributed by atoms with Crippen molar-refractivity contribution >= 4 is 11.7 Å². The number of hydrogen-bond donors (Lipinski definition) is 4. The van der Waals surface area contributed by atoms with Crippen molar-refractivity contribution in [1.29, 1.82) is 0 Å². The molecule has 0 aliphatic rings. The monoisotopic (exact) mass is 227 g/mol. The molecule has 0 unspecified atom stereocenters. The third-order valence-electron chi connectivity index (χ3n) is 1.78. The van der Waals surface area contributed by atoms with E-state index >= 15 is 0 Å². The fourth-order valence-electron chi connectivity index (χ4n) is 1.23. The van der Waals surface area contributed by atoms with Crippen LogP contribution in [0, 0.1) is 0 Å². The number of aromatic nitrogens is 3. The van der Waals surface area contributed by atoms with E-state index in [1.54, 1.807) is 13.8 Å². The van der Waals surface area contributed by atoms with Crippen molar-refractivity contribution in [2.45, 2.75) is 25.8 Å². The zero-order valence-electron chi connectivity index (χ0n) is 8.96. The molecule has 0 radical (unpaired) electrons. The smallest absolute Gasteiger partial charge is 0.342 e. The summed E-state index contributed by atoms with van der Waals surface area (Å²) in [6.45, 7) is 3.37. The Hall–Kier alpha value is -2.12. The van der Waals surface area contributed by atoms with Crippen molar-refractivity contribution in [2.75, 3.05) is 5.32 Å². The van der Waals surface area contributed by atoms with E-state index in [0.717, 1.165) is 0 Å². The van der Waals surface area contributed by atoms with Gasteiger partial charge in [0.1, 0.15) is 0 Å². The van der Waals surface area contributed by atoms with E-state index in [4.69, 9.17) is 5.73 Å². The first-order chi connectivity index (χ1) is 7.30. The molecule has 1 aromatic rings. The number of anilines is 1. The Kier molecular flexibility index (Phi) is 3.11. The molecule has 8 nitrogen and oxygen atoms in total. The predicted octanol–water partition coefficient (Wildman–Crippen LogP) is -1.48. The number of amides is 1. The van der Waals surface area contributed by atoms with Gasteiger partial charge in [-0.2, -0.15) is 0 Å². The third-order valence-corrected chi connectivity index (χ3v) is 1.78. The van der Waals surface area contributed by atoms with Gasteiger partial charge >= 0.3 is 5.69 Å². The van der Waals surface area contributed by atoms with E-state index in [9.17, 15) is 14.4 Å². The number of primary amides is 1. The number of hydrogen-bond acceptors (Lipinski definition) is 5. The lowest BCUT2D eigenvalue weighted by atomic mass is 10.0. The van der Waals surface area contributed by atoms with Crippen LogP contribution >= 0.6 is 0 Å². The van der Waals surface area contributed by atoms with Gasteiger partial charge in [-0.15, -0.1) is 5.10 Å². The number of carbonyl (C=O) groups is 1. The fraction of sp³-hybridized carbons (Fsp3) is 0.500. The van der Waals surface area contributed by atoms with Crippen LogP contribution < -0.4 is 22.3 Å². The van der Waals surface area contributed by atoms with Crippen molar-refractivity contribution in [3.8, 4) is 0 Å². The van der Waals surface area contributed by atoms with Gasteiger partial charge in [0.2, 0.25) is 11.7 Å². The molecule has 0 atom stereocenters. The fourth-order valence-corrected chi connectivity index (χ4v) is 1.23. The Morgan fingerprint density at radius 1 is 1.50 bits per heavy atom. The zero-order valence-corrected chi connectivity index (χ0v) is 8.96. The second kappa shape index (κ2) is 4.17. The van der Waals surface area contributed by atoms with E-state index in [1.165, 1.54) is 0 Å². The van der Waals surface area contributed by atoms with Gasteiger partial charge < -0.3 is 11.1 Å². The molecule has 0 saturated carbocycles. The summed E-state index contributed by atoms with van der Waals surface area (Å²) in [7, 11) is 0. The van der Waals surface area contributed by atoms with Crippen molar-refractivity contribution in [3.63, 3.8) is 0 Å². The van der Waals surface area contributed by atoms with Crippen molar-refractivity contribution in [1.82, 2.24) is 15.2 Å². The number of nitrogens with zero attached hydrogens (tertiary/aromatic N) is 1. The SMILES string of the molecule is CC(C)(CC(N)=O)Nc1n[nH]c(=O)[nH]c1=O. The van der Waals surface area contributed by atoms with Crippen LogP contribution in [0.4, 0.5) is 5.82 Å². The van der Waals surface area contributed by atoms with Crippen molar-refractivity contribution in [3.05, 3.63) is 20.8 Å². The Balaban J connectivity index is 2.92. The van der Waals surface area contributed by atoms with Crippen LogP contribution in [0.3, 0.4) is 0 Å². The summed E-state index contributed by atoms with van der Waals surface area (Å²) < 4.78 is 0. The molecule has 16 heavy (non-hydrogen) atoms. The first-order valence-corrected chi connectivity index (χ1v) is 4.56. The lowest BCUT2D eigenvalue weighted by molar-refractivity contribution is -0.118. The molecule has 0 aromatic carbocycles. The summed E-state index contributed by atoms with van der Waals surface area (Å²) in [5.41, 5.74) is 2.99. The maximum atomic E-state index is 11.3. The van der Waals surface area contributed by atoms with Gasteiger partial charge in [0, 0.05) is 12.0 Å². The summed E-state index contributed by atoms with van der Waals surface area (Å²) in [5.74, 6) is -0.566. The highest BCUT2D eigenvalue weighted by molar-refractivity contribution is 5.75. The molecule has 1 aromatic heterocycles. The molecule has 0 aliphatic carbocycles. The molecule has 8 heteroatoms. The minimum Gasteiger partial charge on any atom is -0.370 e. The average Bonchev–Trinajstić information content (AvgIpc) is 2.07. The minimum absolute atomic E-state index is 0.0350. The van der Waals surface area contributed by atoms with Crippen LogP contribution in [0.25, 0.3) is 0 Å². The van der Waals surface area contributed by atoms with E-state index in [-0.39, 0.29) is 12.2 Å². The predicted molar refractivity (Wildman–Crippen MR) is 57.0 cm³/mol. The number of nitrogens with one attached hydrogen (secondary N) is 3. The normalized spacial score (nSPS) is 11.1. The maximum absolute atomic E-state index is 11.3. The van der Waals surface area contributed by atoms with Gasteiger partial charge in [0.05, 0.1) is 0 Å². The van der Waals surface area contributed by atoms with Crippen LogP contribution in [0.15, 0.2) is 9.59 Å². The third kappa shape index (κ3) is 3.23. The average molecular weight is 227 g/mol. The van der Waals surface area contributed by atoms with Gasteiger partial charge in [0.25, 0.3) is 5.56 Å². The molecule has 0 saturated heterocycles. The maximum Gasteiger partial charge on any atom is 0.342 e. The summed E-state index contributed by atoms with van der Waals surface area (Å²) in [6, 6.07) is 0. The molecule has 1 rings (SSSR count). The summed E-state index contributed by atoms with van der Waals surface area (Å²) in [6.07, 6.45) is 0.0350. The number of nitrogens with two attached hydrogens (primary N) is 1. The highest BCUT2D eigenvalue weighted by atomic mass is 16.2. The van der Waals surface area contributed by atoms with Gasteiger partial charge in [-0.25, -0.2) is 9.89 Å². The Morgan fingerprint density at radius 3 is 2.62 bits per heavy atom. The van der Waals surface area contributed by atoms with E-state index < -0.39 is 22.7 Å². The van der Waals surface area contributed by atoms with Crippen LogP contribution in [-0.4, -0.2) is 26.6 Å². The lowest BCUT2D eigenvalue weighted by Gasteiger charge is -2.24. The first kappa shape index (κ1) is 12.0. The summed E-state index contributed by atoms with van der Waals surface area (Å²) in [5, 5.41) is 8.32. The first-order valence-electron chi connectivity index (χ1n) is 4.56. The van der Waals surface area contributed by atoms with Gasteiger partial charge in [-0.05, 0) is 13.8 Å². The van der Waals surface area contributed by atoms with Crippen molar-refractivity contribution < 1.29 is 4.79 Å². The molecule has 88 valence electrons. The topological polar surface area (TPSA) is 134 Å². The van der Waals surface area contributed by atoms with Crippen LogP contribution in [0.1, 0.15) is 20.3 Å².